The zero-order valence-electron chi connectivity index (χ0n) is 11.0. The van der Waals surface area contributed by atoms with Crippen LogP contribution in [-0.2, 0) is 19.4 Å². The van der Waals surface area contributed by atoms with Gasteiger partial charge in [0.2, 0.25) is 5.95 Å². The van der Waals surface area contributed by atoms with Gasteiger partial charge in [-0.15, -0.1) is 0 Å². The van der Waals surface area contributed by atoms with Crippen LogP contribution in [0.2, 0.25) is 0 Å². The molecule has 1 aliphatic rings. The van der Waals surface area contributed by atoms with Crippen LogP contribution in [0.25, 0.3) is 0 Å². The van der Waals surface area contributed by atoms with Gasteiger partial charge in [-0.3, -0.25) is 9.78 Å². The number of aryl methyl sites for hydroxylation is 1. The lowest BCUT2D eigenvalue weighted by molar-refractivity contribution is 0.843. The van der Waals surface area contributed by atoms with Gasteiger partial charge in [0, 0.05) is 19.2 Å². The Balaban J connectivity index is 1.86. The number of fused-ring (bicyclic) bond motifs is 1. The Kier molecular flexibility index (Phi) is 3.07. The van der Waals surface area contributed by atoms with Crippen molar-refractivity contribution in [1.82, 2.24) is 9.97 Å². The molecule has 2 aromatic rings. The molecule has 0 radical (unpaired) electrons. The summed E-state index contributed by atoms with van der Waals surface area (Å²) in [5.41, 5.74) is 3.07. The van der Waals surface area contributed by atoms with Crippen molar-refractivity contribution in [1.29, 1.82) is 0 Å². The molecular formula is C15H17N3O. The van der Waals surface area contributed by atoms with Crippen molar-refractivity contribution in [2.45, 2.75) is 25.8 Å². The van der Waals surface area contributed by atoms with Gasteiger partial charge in [-0.1, -0.05) is 30.3 Å². The van der Waals surface area contributed by atoms with Crippen LogP contribution < -0.4 is 10.5 Å². The molecule has 0 saturated heterocycles. The summed E-state index contributed by atoms with van der Waals surface area (Å²) in [6, 6.07) is 10.2. The summed E-state index contributed by atoms with van der Waals surface area (Å²) in [6.45, 7) is 0.739. The Morgan fingerprint density at radius 1 is 1.26 bits per heavy atom. The number of benzene rings is 1. The summed E-state index contributed by atoms with van der Waals surface area (Å²) < 4.78 is 0. The molecule has 4 heteroatoms. The molecule has 1 aromatic heterocycles. The smallest absolute Gasteiger partial charge is 0.255 e. The van der Waals surface area contributed by atoms with E-state index in [1.807, 2.05) is 30.1 Å². The zero-order chi connectivity index (χ0) is 13.2. The number of nitrogens with one attached hydrogen (secondary N) is 1. The number of rotatable bonds is 3. The lowest BCUT2D eigenvalue weighted by atomic mass is 10.2. The molecule has 19 heavy (non-hydrogen) atoms. The molecule has 1 aliphatic carbocycles. The second-order valence-electron chi connectivity index (χ2n) is 5.01. The molecule has 0 saturated carbocycles. The molecule has 0 aliphatic heterocycles. The highest BCUT2D eigenvalue weighted by Gasteiger charge is 2.18. The van der Waals surface area contributed by atoms with E-state index in [1.165, 1.54) is 5.56 Å². The van der Waals surface area contributed by atoms with E-state index in [4.69, 9.17) is 0 Å². The third-order valence-electron chi connectivity index (χ3n) is 3.55. The molecule has 98 valence electrons. The average molecular weight is 255 g/mol. The fourth-order valence-corrected chi connectivity index (χ4v) is 2.54. The Morgan fingerprint density at radius 2 is 2.05 bits per heavy atom. The quantitative estimate of drug-likeness (QED) is 0.911. The minimum atomic E-state index is 0.0254. The van der Waals surface area contributed by atoms with E-state index in [-0.39, 0.29) is 5.56 Å². The van der Waals surface area contributed by atoms with Crippen LogP contribution in [-0.4, -0.2) is 17.0 Å². The normalized spacial score (nSPS) is 13.3. The maximum Gasteiger partial charge on any atom is 0.255 e. The first-order valence-electron chi connectivity index (χ1n) is 6.61. The van der Waals surface area contributed by atoms with Gasteiger partial charge >= 0.3 is 0 Å². The minimum Gasteiger partial charge on any atom is -0.341 e. The Hall–Kier alpha value is -2.10. The molecule has 4 nitrogen and oxygen atoms in total. The zero-order valence-corrected chi connectivity index (χ0v) is 11.0. The van der Waals surface area contributed by atoms with Crippen LogP contribution in [0.1, 0.15) is 23.2 Å². The van der Waals surface area contributed by atoms with Gasteiger partial charge in [-0.05, 0) is 24.8 Å². The van der Waals surface area contributed by atoms with Crippen LogP contribution >= 0.6 is 0 Å². The standard InChI is InChI=1S/C15H17N3O/c1-18(10-11-6-3-2-4-7-11)15-16-13-9-5-8-12(13)14(19)17-15/h2-4,6-7H,5,8-10H2,1H3,(H,16,17,19). The van der Waals surface area contributed by atoms with Gasteiger partial charge < -0.3 is 4.90 Å². The number of aromatic nitrogens is 2. The van der Waals surface area contributed by atoms with Crippen molar-refractivity contribution in [3.05, 3.63) is 57.5 Å². The summed E-state index contributed by atoms with van der Waals surface area (Å²) in [7, 11) is 1.95. The highest BCUT2D eigenvalue weighted by atomic mass is 16.1. The summed E-state index contributed by atoms with van der Waals surface area (Å²) in [5.74, 6) is 0.662. The maximum absolute atomic E-state index is 12.0. The van der Waals surface area contributed by atoms with E-state index < -0.39 is 0 Å². The van der Waals surface area contributed by atoms with Crippen molar-refractivity contribution in [3.8, 4) is 0 Å². The fourth-order valence-electron chi connectivity index (χ4n) is 2.54. The predicted octanol–water partition coefficient (Wildman–Crippen LogP) is 1.90. The minimum absolute atomic E-state index is 0.0254. The number of aromatic amines is 1. The molecule has 1 N–H and O–H groups in total. The summed E-state index contributed by atoms with van der Waals surface area (Å²) in [4.78, 5) is 21.4. The van der Waals surface area contributed by atoms with E-state index >= 15 is 0 Å². The van der Waals surface area contributed by atoms with Crippen molar-refractivity contribution in [2.24, 2.45) is 0 Å². The number of hydrogen-bond acceptors (Lipinski definition) is 3. The van der Waals surface area contributed by atoms with Gasteiger partial charge in [-0.2, -0.15) is 0 Å². The first kappa shape index (κ1) is 12.0. The van der Waals surface area contributed by atoms with Crippen LogP contribution in [0.15, 0.2) is 35.1 Å². The highest BCUT2D eigenvalue weighted by Crippen LogP contribution is 2.18. The molecule has 0 bridgehead atoms. The Morgan fingerprint density at radius 3 is 2.84 bits per heavy atom. The molecule has 0 atom stereocenters. The number of H-pyrrole nitrogens is 1. The van der Waals surface area contributed by atoms with Gasteiger partial charge in [-0.25, -0.2) is 4.98 Å². The van der Waals surface area contributed by atoms with Crippen LogP contribution in [0.3, 0.4) is 0 Å². The summed E-state index contributed by atoms with van der Waals surface area (Å²) in [6.07, 6.45) is 2.82. The third-order valence-corrected chi connectivity index (χ3v) is 3.55. The molecule has 0 fully saturated rings. The van der Waals surface area contributed by atoms with Gasteiger partial charge in [0.15, 0.2) is 0 Å². The van der Waals surface area contributed by atoms with Gasteiger partial charge in [0.05, 0.1) is 5.69 Å². The number of anilines is 1. The lowest BCUT2D eigenvalue weighted by Crippen LogP contribution is -2.24. The SMILES string of the molecule is CN(Cc1ccccc1)c1nc2c(c(=O)[nH]1)CCC2. The second-order valence-corrected chi connectivity index (χ2v) is 5.01. The van der Waals surface area contributed by atoms with Gasteiger partial charge in [0.25, 0.3) is 5.56 Å². The molecule has 1 aromatic carbocycles. The Bertz CT molecular complexity index is 634. The third kappa shape index (κ3) is 2.38. The van der Waals surface area contributed by atoms with E-state index in [1.54, 1.807) is 0 Å². The van der Waals surface area contributed by atoms with E-state index in [0.717, 1.165) is 37.1 Å². The fraction of sp³-hybridized carbons (Fsp3) is 0.333. The first-order chi connectivity index (χ1) is 9.24. The largest absolute Gasteiger partial charge is 0.341 e. The Labute approximate surface area is 112 Å². The predicted molar refractivity (Wildman–Crippen MR) is 75.4 cm³/mol. The van der Waals surface area contributed by atoms with Gasteiger partial charge in [0.1, 0.15) is 0 Å². The van der Waals surface area contributed by atoms with Crippen molar-refractivity contribution in [2.75, 3.05) is 11.9 Å². The van der Waals surface area contributed by atoms with Crippen molar-refractivity contribution in [3.63, 3.8) is 0 Å². The van der Waals surface area contributed by atoms with E-state index in [2.05, 4.69) is 22.1 Å². The second kappa shape index (κ2) is 4.88. The topological polar surface area (TPSA) is 49.0 Å². The average Bonchev–Trinajstić information content (AvgIpc) is 2.88. The van der Waals surface area contributed by atoms with Crippen LogP contribution in [0, 0.1) is 0 Å². The molecule has 3 rings (SSSR count). The summed E-state index contributed by atoms with van der Waals surface area (Å²) in [5, 5.41) is 0. The first-order valence-corrected chi connectivity index (χ1v) is 6.61. The van der Waals surface area contributed by atoms with Crippen LogP contribution in [0.4, 0.5) is 5.95 Å². The molecule has 0 spiro atoms. The lowest BCUT2D eigenvalue weighted by Gasteiger charge is -2.18. The number of hydrogen-bond donors (Lipinski definition) is 1. The highest BCUT2D eigenvalue weighted by molar-refractivity contribution is 5.35. The van der Waals surface area contributed by atoms with Crippen LogP contribution in [0.5, 0.6) is 0 Å². The van der Waals surface area contributed by atoms with Crippen molar-refractivity contribution >= 4 is 5.95 Å². The maximum atomic E-state index is 12.0. The molecule has 1 heterocycles. The van der Waals surface area contributed by atoms with Crippen molar-refractivity contribution < 1.29 is 0 Å². The molecule has 0 amide bonds. The monoisotopic (exact) mass is 255 g/mol. The molecule has 0 unspecified atom stereocenters. The number of nitrogens with zero attached hydrogens (tertiary/aromatic N) is 2. The summed E-state index contributed by atoms with van der Waals surface area (Å²) >= 11 is 0. The van der Waals surface area contributed by atoms with E-state index in [9.17, 15) is 4.79 Å². The van der Waals surface area contributed by atoms with E-state index in [0.29, 0.717) is 5.95 Å². The molecular weight excluding hydrogens is 238 g/mol.